The molecule has 2 heterocycles. The second kappa shape index (κ2) is 8.31. The molecule has 1 aliphatic carbocycles. The van der Waals surface area contributed by atoms with Crippen LogP contribution in [0.25, 0.3) is 0 Å². The lowest BCUT2D eigenvalue weighted by atomic mass is 9.89. The first-order valence-corrected chi connectivity index (χ1v) is 10.4. The minimum atomic E-state index is -0.726. The lowest BCUT2D eigenvalue weighted by Crippen LogP contribution is -2.52. The fourth-order valence-electron chi connectivity index (χ4n) is 4.71. The van der Waals surface area contributed by atoms with Crippen LogP contribution >= 0.6 is 0 Å². The second-order valence-electron chi connectivity index (χ2n) is 7.81. The highest BCUT2D eigenvalue weighted by Gasteiger charge is 2.49. The summed E-state index contributed by atoms with van der Waals surface area (Å²) >= 11 is 0. The van der Waals surface area contributed by atoms with Crippen LogP contribution in [0, 0.1) is 0 Å². The zero-order valence-electron chi connectivity index (χ0n) is 16.6. The number of carbonyl (C=O) groups excluding carboxylic acids is 1. The van der Waals surface area contributed by atoms with Crippen molar-refractivity contribution in [1.29, 1.82) is 0 Å². The smallest absolute Gasteiger partial charge is 0.246 e. The van der Waals surface area contributed by atoms with Gasteiger partial charge in [0.25, 0.3) is 0 Å². The summed E-state index contributed by atoms with van der Waals surface area (Å²) in [7, 11) is 1.71. The minimum absolute atomic E-state index is 0.0119. The zero-order chi connectivity index (χ0) is 19.4. The van der Waals surface area contributed by atoms with Crippen molar-refractivity contribution >= 4 is 5.91 Å². The molecule has 5 nitrogen and oxygen atoms in total. The van der Waals surface area contributed by atoms with Gasteiger partial charge in [-0.3, -0.25) is 14.7 Å². The van der Waals surface area contributed by atoms with Crippen molar-refractivity contribution in [2.45, 2.75) is 56.7 Å². The molecule has 1 atom stereocenters. The number of benzene rings is 1. The molecule has 2 aromatic rings. The van der Waals surface area contributed by atoms with Gasteiger partial charge in [0.15, 0.2) is 0 Å². The van der Waals surface area contributed by atoms with E-state index in [1.807, 2.05) is 24.3 Å². The van der Waals surface area contributed by atoms with Crippen LogP contribution in [0.3, 0.4) is 0 Å². The van der Waals surface area contributed by atoms with Crippen LogP contribution in [-0.2, 0) is 16.9 Å². The number of hydrogen-bond acceptors (Lipinski definition) is 4. The summed E-state index contributed by atoms with van der Waals surface area (Å²) in [6.07, 6.45) is 8.59. The number of aromatic nitrogens is 1. The zero-order valence-corrected chi connectivity index (χ0v) is 16.6. The topological polar surface area (TPSA) is 54.5 Å². The Morgan fingerprint density at radius 3 is 2.71 bits per heavy atom. The van der Waals surface area contributed by atoms with Crippen molar-refractivity contribution in [2.75, 3.05) is 13.6 Å². The molecule has 1 aromatic carbocycles. The van der Waals surface area contributed by atoms with E-state index >= 15 is 0 Å². The van der Waals surface area contributed by atoms with Crippen LogP contribution in [0.1, 0.15) is 49.8 Å². The van der Waals surface area contributed by atoms with E-state index < -0.39 is 5.54 Å². The summed E-state index contributed by atoms with van der Waals surface area (Å²) in [6.45, 7) is 1.54. The molecule has 0 bridgehead atoms. The SMILES string of the molecule is CNC(=O)[C@]1(c2ccccn2)CCCN1Cc1ccccc1OC1CCCC1. The Kier molecular flexibility index (Phi) is 5.62. The summed E-state index contributed by atoms with van der Waals surface area (Å²) in [6, 6.07) is 14.1. The molecule has 1 N–H and O–H groups in total. The highest BCUT2D eigenvalue weighted by atomic mass is 16.5. The van der Waals surface area contributed by atoms with Gasteiger partial charge in [-0.05, 0) is 63.3 Å². The first kappa shape index (κ1) is 18.9. The number of likely N-dealkylation sites (tertiary alicyclic amines) is 1. The van der Waals surface area contributed by atoms with Gasteiger partial charge in [0.2, 0.25) is 5.91 Å². The highest BCUT2D eigenvalue weighted by molar-refractivity contribution is 5.87. The first-order chi connectivity index (χ1) is 13.7. The van der Waals surface area contributed by atoms with Crippen molar-refractivity contribution < 1.29 is 9.53 Å². The Balaban J connectivity index is 1.64. The monoisotopic (exact) mass is 379 g/mol. The molecule has 1 saturated carbocycles. The molecule has 1 amide bonds. The van der Waals surface area contributed by atoms with E-state index in [4.69, 9.17) is 4.74 Å². The number of amides is 1. The molecule has 148 valence electrons. The van der Waals surface area contributed by atoms with E-state index in [1.165, 1.54) is 12.8 Å². The third kappa shape index (κ3) is 3.51. The van der Waals surface area contributed by atoms with Crippen LogP contribution in [0.15, 0.2) is 48.7 Å². The Morgan fingerprint density at radius 1 is 1.18 bits per heavy atom. The van der Waals surface area contributed by atoms with Gasteiger partial charge in [0, 0.05) is 25.4 Å². The maximum atomic E-state index is 13.1. The average molecular weight is 380 g/mol. The van der Waals surface area contributed by atoms with Gasteiger partial charge in [-0.25, -0.2) is 0 Å². The molecule has 1 aromatic heterocycles. The van der Waals surface area contributed by atoms with E-state index in [9.17, 15) is 4.79 Å². The fraction of sp³-hybridized carbons (Fsp3) is 0.478. The molecule has 28 heavy (non-hydrogen) atoms. The molecular weight excluding hydrogens is 350 g/mol. The van der Waals surface area contributed by atoms with Gasteiger partial charge in [-0.2, -0.15) is 0 Å². The number of ether oxygens (including phenoxy) is 1. The van der Waals surface area contributed by atoms with Crippen LogP contribution in [0.4, 0.5) is 0 Å². The van der Waals surface area contributed by atoms with Gasteiger partial charge in [0.05, 0.1) is 11.8 Å². The van der Waals surface area contributed by atoms with Gasteiger partial charge < -0.3 is 10.1 Å². The van der Waals surface area contributed by atoms with Gasteiger partial charge in [0.1, 0.15) is 11.3 Å². The molecule has 0 spiro atoms. The standard InChI is InChI=1S/C23H29N3O2/c1-24-22(27)23(21-13-6-7-15-25-21)14-8-16-26(23)17-18-9-2-5-12-20(18)28-19-10-3-4-11-19/h2,5-7,9,12-13,15,19H,3-4,8,10-11,14,16-17H2,1H3,(H,24,27)/t23-/m1/s1. The second-order valence-corrected chi connectivity index (χ2v) is 7.81. The maximum absolute atomic E-state index is 13.1. The largest absolute Gasteiger partial charge is 0.490 e. The lowest BCUT2D eigenvalue weighted by molar-refractivity contribution is -0.132. The molecule has 5 heteroatoms. The Labute approximate surface area is 167 Å². The highest BCUT2D eigenvalue weighted by Crippen LogP contribution is 2.40. The number of para-hydroxylation sites is 1. The summed E-state index contributed by atoms with van der Waals surface area (Å²) in [5, 5.41) is 2.88. The van der Waals surface area contributed by atoms with E-state index in [-0.39, 0.29) is 5.91 Å². The summed E-state index contributed by atoms with van der Waals surface area (Å²) < 4.78 is 6.33. The van der Waals surface area contributed by atoms with Crippen LogP contribution in [0.5, 0.6) is 5.75 Å². The molecular formula is C23H29N3O2. The molecule has 1 saturated heterocycles. The van der Waals surface area contributed by atoms with Crippen molar-refractivity contribution in [3.8, 4) is 5.75 Å². The average Bonchev–Trinajstić information content (AvgIpc) is 3.40. The van der Waals surface area contributed by atoms with E-state index in [1.54, 1.807) is 13.2 Å². The number of pyridine rings is 1. The molecule has 0 unspecified atom stereocenters. The van der Waals surface area contributed by atoms with Crippen LogP contribution in [0.2, 0.25) is 0 Å². The number of carbonyl (C=O) groups is 1. The third-order valence-electron chi connectivity index (χ3n) is 6.13. The van der Waals surface area contributed by atoms with Gasteiger partial charge in [-0.15, -0.1) is 0 Å². The fourth-order valence-corrected chi connectivity index (χ4v) is 4.71. The maximum Gasteiger partial charge on any atom is 0.246 e. The molecule has 1 aliphatic heterocycles. The first-order valence-electron chi connectivity index (χ1n) is 10.4. The third-order valence-corrected chi connectivity index (χ3v) is 6.13. The number of nitrogens with one attached hydrogen (secondary N) is 1. The normalized spacial score (nSPS) is 23.0. The Bertz CT molecular complexity index is 805. The number of likely N-dealkylation sites (N-methyl/N-ethyl adjacent to an activating group) is 1. The Hall–Kier alpha value is -2.40. The minimum Gasteiger partial charge on any atom is -0.490 e. The van der Waals surface area contributed by atoms with Gasteiger partial charge in [-0.1, -0.05) is 24.3 Å². The lowest BCUT2D eigenvalue weighted by Gasteiger charge is -2.36. The Morgan fingerprint density at radius 2 is 1.96 bits per heavy atom. The molecule has 2 aliphatic rings. The number of hydrogen-bond donors (Lipinski definition) is 1. The van der Waals surface area contributed by atoms with Crippen molar-refractivity contribution in [3.05, 3.63) is 59.9 Å². The van der Waals surface area contributed by atoms with E-state index in [0.717, 1.165) is 49.2 Å². The number of nitrogens with zero attached hydrogens (tertiary/aromatic N) is 2. The molecule has 0 radical (unpaired) electrons. The van der Waals surface area contributed by atoms with Crippen LogP contribution in [-0.4, -0.2) is 35.5 Å². The quantitative estimate of drug-likeness (QED) is 0.833. The summed E-state index contributed by atoms with van der Waals surface area (Å²) in [5.74, 6) is 0.964. The van der Waals surface area contributed by atoms with Crippen molar-refractivity contribution in [2.24, 2.45) is 0 Å². The van der Waals surface area contributed by atoms with E-state index in [0.29, 0.717) is 12.6 Å². The predicted molar refractivity (Wildman–Crippen MR) is 109 cm³/mol. The summed E-state index contributed by atoms with van der Waals surface area (Å²) in [5.41, 5.74) is 1.23. The van der Waals surface area contributed by atoms with Crippen molar-refractivity contribution in [3.63, 3.8) is 0 Å². The molecule has 2 fully saturated rings. The van der Waals surface area contributed by atoms with Gasteiger partial charge >= 0.3 is 0 Å². The van der Waals surface area contributed by atoms with Crippen molar-refractivity contribution in [1.82, 2.24) is 15.2 Å². The van der Waals surface area contributed by atoms with E-state index in [2.05, 4.69) is 33.4 Å². The predicted octanol–water partition coefficient (Wildman–Crippen LogP) is 3.64. The molecule has 4 rings (SSSR count). The summed E-state index contributed by atoms with van der Waals surface area (Å²) in [4.78, 5) is 19.9. The number of rotatable bonds is 6. The van der Waals surface area contributed by atoms with Crippen LogP contribution < -0.4 is 10.1 Å².